The van der Waals surface area contributed by atoms with Crippen LogP contribution in [0.25, 0.3) is 0 Å². The number of hydrogen-bond acceptors (Lipinski definition) is 4. The molecule has 0 radical (unpaired) electrons. The Morgan fingerprint density at radius 1 is 1.45 bits per heavy atom. The fourth-order valence-electron chi connectivity index (χ4n) is 2.42. The molecular weight excluding hydrogens is 304 g/mol. The molecule has 2 rings (SSSR count). The standard InChI is InChI=1S/C14H22N4O3S/c1-17(2)22(20,21)18-9-5-6-12(11-18)14(19)16-10-13-7-3-4-8-15-13/h3-4,7-8,12H,5-6,9-11H2,1-2H3,(H,16,19). The lowest BCUT2D eigenvalue weighted by molar-refractivity contribution is -0.126. The van der Waals surface area contributed by atoms with E-state index in [0.29, 0.717) is 25.9 Å². The number of amides is 1. The largest absolute Gasteiger partial charge is 0.350 e. The second-order valence-corrected chi connectivity index (χ2v) is 7.67. The molecule has 1 atom stereocenters. The van der Waals surface area contributed by atoms with Crippen molar-refractivity contribution in [1.29, 1.82) is 0 Å². The van der Waals surface area contributed by atoms with Crippen LogP contribution in [0.15, 0.2) is 24.4 Å². The first-order valence-corrected chi connectivity index (χ1v) is 8.66. The Hall–Kier alpha value is -1.51. The highest BCUT2D eigenvalue weighted by Gasteiger charge is 2.33. The van der Waals surface area contributed by atoms with Gasteiger partial charge in [-0.05, 0) is 25.0 Å². The summed E-state index contributed by atoms with van der Waals surface area (Å²) in [6, 6.07) is 5.51. The highest BCUT2D eigenvalue weighted by Crippen LogP contribution is 2.20. The van der Waals surface area contributed by atoms with Gasteiger partial charge in [0.25, 0.3) is 10.2 Å². The molecule has 0 spiro atoms. The number of aromatic nitrogens is 1. The Labute approximate surface area is 131 Å². The summed E-state index contributed by atoms with van der Waals surface area (Å²) in [5, 5.41) is 2.83. The maximum atomic E-state index is 12.2. The summed E-state index contributed by atoms with van der Waals surface area (Å²) in [5.74, 6) is -0.434. The van der Waals surface area contributed by atoms with Gasteiger partial charge in [-0.3, -0.25) is 9.78 Å². The van der Waals surface area contributed by atoms with Gasteiger partial charge < -0.3 is 5.32 Å². The first kappa shape index (κ1) is 16.9. The fraction of sp³-hybridized carbons (Fsp3) is 0.571. The van der Waals surface area contributed by atoms with Crippen molar-refractivity contribution >= 4 is 16.1 Å². The number of nitrogens with one attached hydrogen (secondary N) is 1. The van der Waals surface area contributed by atoms with E-state index < -0.39 is 10.2 Å². The van der Waals surface area contributed by atoms with Crippen molar-refractivity contribution in [3.63, 3.8) is 0 Å². The van der Waals surface area contributed by atoms with E-state index in [1.807, 2.05) is 18.2 Å². The molecule has 1 aliphatic heterocycles. The van der Waals surface area contributed by atoms with E-state index in [1.165, 1.54) is 22.7 Å². The molecule has 22 heavy (non-hydrogen) atoms. The molecular formula is C14H22N4O3S. The quantitative estimate of drug-likeness (QED) is 0.839. The summed E-state index contributed by atoms with van der Waals surface area (Å²) in [4.78, 5) is 16.4. The van der Waals surface area contributed by atoms with Crippen molar-refractivity contribution in [1.82, 2.24) is 18.9 Å². The lowest BCUT2D eigenvalue weighted by atomic mass is 9.99. The Morgan fingerprint density at radius 2 is 2.23 bits per heavy atom. The zero-order valence-corrected chi connectivity index (χ0v) is 13.7. The second-order valence-electron chi connectivity index (χ2n) is 5.53. The van der Waals surface area contributed by atoms with Crippen LogP contribution in [0.4, 0.5) is 0 Å². The van der Waals surface area contributed by atoms with Gasteiger partial charge in [-0.25, -0.2) is 0 Å². The van der Waals surface area contributed by atoms with Gasteiger partial charge in [0, 0.05) is 33.4 Å². The van der Waals surface area contributed by atoms with Crippen LogP contribution >= 0.6 is 0 Å². The summed E-state index contributed by atoms with van der Waals surface area (Å²) < 4.78 is 26.8. The Bertz CT molecular complexity index is 604. The van der Waals surface area contributed by atoms with E-state index in [1.54, 1.807) is 6.20 Å². The van der Waals surface area contributed by atoms with E-state index in [2.05, 4.69) is 10.3 Å². The van der Waals surface area contributed by atoms with E-state index in [-0.39, 0.29) is 18.4 Å². The van der Waals surface area contributed by atoms with Crippen LogP contribution in [0.5, 0.6) is 0 Å². The van der Waals surface area contributed by atoms with Crippen LogP contribution in [0.2, 0.25) is 0 Å². The summed E-state index contributed by atoms with van der Waals surface area (Å²) in [5.41, 5.74) is 0.782. The van der Waals surface area contributed by atoms with Crippen molar-refractivity contribution in [2.24, 2.45) is 5.92 Å². The van der Waals surface area contributed by atoms with Crippen LogP contribution in [-0.4, -0.2) is 55.1 Å². The highest BCUT2D eigenvalue weighted by molar-refractivity contribution is 7.86. The van der Waals surface area contributed by atoms with Gasteiger partial charge >= 0.3 is 0 Å². The van der Waals surface area contributed by atoms with Crippen LogP contribution in [0, 0.1) is 5.92 Å². The molecule has 1 aromatic rings. The van der Waals surface area contributed by atoms with Gasteiger partial charge in [0.1, 0.15) is 0 Å². The third-order valence-electron chi connectivity index (χ3n) is 3.71. The van der Waals surface area contributed by atoms with Crippen LogP contribution < -0.4 is 5.32 Å². The maximum Gasteiger partial charge on any atom is 0.281 e. The molecule has 1 saturated heterocycles. The summed E-state index contributed by atoms with van der Waals surface area (Å²) in [7, 11) is -0.459. The molecule has 1 N–H and O–H groups in total. The van der Waals surface area contributed by atoms with Gasteiger partial charge in [0.2, 0.25) is 5.91 Å². The number of hydrogen-bond donors (Lipinski definition) is 1. The van der Waals surface area contributed by atoms with E-state index in [0.717, 1.165) is 5.69 Å². The smallest absolute Gasteiger partial charge is 0.281 e. The number of nitrogens with zero attached hydrogens (tertiary/aromatic N) is 3. The van der Waals surface area contributed by atoms with E-state index in [4.69, 9.17) is 0 Å². The molecule has 1 unspecified atom stereocenters. The highest BCUT2D eigenvalue weighted by atomic mass is 32.2. The summed E-state index contributed by atoms with van der Waals surface area (Å²) in [6.45, 7) is 1.05. The van der Waals surface area contributed by atoms with E-state index in [9.17, 15) is 13.2 Å². The average Bonchev–Trinajstić information content (AvgIpc) is 2.53. The number of carbonyl (C=O) groups is 1. The Morgan fingerprint density at radius 3 is 2.86 bits per heavy atom. The van der Waals surface area contributed by atoms with Gasteiger partial charge in [-0.1, -0.05) is 6.07 Å². The van der Waals surface area contributed by atoms with Crippen LogP contribution in [0.1, 0.15) is 18.5 Å². The lowest BCUT2D eigenvalue weighted by Crippen LogP contribution is -2.48. The Kier molecular flexibility index (Phi) is 5.49. The monoisotopic (exact) mass is 326 g/mol. The molecule has 1 aromatic heterocycles. The SMILES string of the molecule is CN(C)S(=O)(=O)N1CCCC(C(=O)NCc2ccccn2)C1. The molecule has 122 valence electrons. The first-order chi connectivity index (χ1) is 10.4. The van der Waals surface area contributed by atoms with Gasteiger partial charge in [-0.15, -0.1) is 0 Å². The first-order valence-electron chi connectivity index (χ1n) is 7.26. The van der Waals surface area contributed by atoms with Gasteiger partial charge in [0.05, 0.1) is 18.2 Å². The van der Waals surface area contributed by atoms with Crippen molar-refractivity contribution in [2.75, 3.05) is 27.2 Å². The zero-order valence-electron chi connectivity index (χ0n) is 12.9. The Balaban J connectivity index is 1.93. The predicted molar refractivity (Wildman–Crippen MR) is 83.0 cm³/mol. The average molecular weight is 326 g/mol. The molecule has 2 heterocycles. The minimum atomic E-state index is -3.46. The van der Waals surface area contributed by atoms with Crippen molar-refractivity contribution in [3.8, 4) is 0 Å². The third-order valence-corrected chi connectivity index (χ3v) is 5.62. The molecule has 0 aliphatic carbocycles. The molecule has 8 heteroatoms. The minimum absolute atomic E-state index is 0.121. The minimum Gasteiger partial charge on any atom is -0.350 e. The summed E-state index contributed by atoms with van der Waals surface area (Å²) >= 11 is 0. The molecule has 7 nitrogen and oxygen atoms in total. The summed E-state index contributed by atoms with van der Waals surface area (Å²) in [6.07, 6.45) is 3.07. The molecule has 0 aromatic carbocycles. The molecule has 1 aliphatic rings. The maximum absolute atomic E-state index is 12.2. The normalized spacial score (nSPS) is 20.0. The zero-order chi connectivity index (χ0) is 16.2. The number of piperidine rings is 1. The topological polar surface area (TPSA) is 82.6 Å². The molecule has 0 saturated carbocycles. The van der Waals surface area contributed by atoms with Crippen molar-refractivity contribution in [2.45, 2.75) is 19.4 Å². The fourth-order valence-corrected chi connectivity index (χ4v) is 3.61. The van der Waals surface area contributed by atoms with Gasteiger partial charge in [0.15, 0.2) is 0 Å². The van der Waals surface area contributed by atoms with Gasteiger partial charge in [-0.2, -0.15) is 17.0 Å². The van der Waals surface area contributed by atoms with Crippen molar-refractivity contribution < 1.29 is 13.2 Å². The van der Waals surface area contributed by atoms with Crippen LogP contribution in [0.3, 0.4) is 0 Å². The van der Waals surface area contributed by atoms with Crippen LogP contribution in [-0.2, 0) is 21.5 Å². The second kappa shape index (κ2) is 7.17. The molecule has 1 amide bonds. The number of rotatable bonds is 5. The predicted octanol–water partition coefficient (Wildman–Crippen LogP) is 0.216. The molecule has 0 bridgehead atoms. The number of pyridine rings is 1. The number of carbonyl (C=O) groups excluding carboxylic acids is 1. The third kappa shape index (κ3) is 4.02. The van der Waals surface area contributed by atoms with Crippen molar-refractivity contribution in [3.05, 3.63) is 30.1 Å². The molecule has 1 fully saturated rings. The lowest BCUT2D eigenvalue weighted by Gasteiger charge is -2.32. The van der Waals surface area contributed by atoms with E-state index >= 15 is 0 Å².